The quantitative estimate of drug-likeness (QED) is 0.339. The molecule has 1 spiro atoms. The number of carbonyl (C=O) groups excluding carboxylic acids is 3. The third-order valence-corrected chi connectivity index (χ3v) is 8.03. The van der Waals surface area contributed by atoms with Gasteiger partial charge in [-0.15, -0.1) is 0 Å². The van der Waals surface area contributed by atoms with Gasteiger partial charge < -0.3 is 31.2 Å². The minimum atomic E-state index is -0.605. The van der Waals surface area contributed by atoms with E-state index < -0.39 is 5.91 Å². The van der Waals surface area contributed by atoms with E-state index in [2.05, 4.69) is 25.6 Å². The fourth-order valence-corrected chi connectivity index (χ4v) is 5.49. The number of piperidine rings is 1. The highest BCUT2D eigenvalue weighted by Gasteiger charge is 2.40. The Bertz CT molecular complexity index is 1540. The molecular formula is C27H33ClN10O3. The van der Waals surface area contributed by atoms with E-state index in [0.29, 0.717) is 57.1 Å². The summed E-state index contributed by atoms with van der Waals surface area (Å²) in [5.74, 6) is -0.510. The number of nitrogens with two attached hydrogens (primary N) is 2. The van der Waals surface area contributed by atoms with Crippen LogP contribution in [0.25, 0.3) is 10.9 Å². The van der Waals surface area contributed by atoms with E-state index in [1.165, 1.54) is 0 Å². The van der Waals surface area contributed by atoms with E-state index in [0.717, 1.165) is 10.9 Å². The van der Waals surface area contributed by atoms with Crippen molar-refractivity contribution in [1.29, 1.82) is 0 Å². The topological polar surface area (TPSA) is 177 Å². The molecule has 6 N–H and O–H groups in total. The summed E-state index contributed by atoms with van der Waals surface area (Å²) in [6, 6.07) is 7.51. The number of amides is 3. The lowest BCUT2D eigenvalue weighted by Crippen LogP contribution is -2.57. The van der Waals surface area contributed by atoms with Gasteiger partial charge in [-0.2, -0.15) is 0 Å². The minimum Gasteiger partial charge on any atom is -0.382 e. The van der Waals surface area contributed by atoms with Crippen LogP contribution in [0.1, 0.15) is 47.5 Å². The zero-order chi connectivity index (χ0) is 29.3. The zero-order valence-corrected chi connectivity index (χ0v) is 23.7. The molecule has 216 valence electrons. The normalized spacial score (nSPS) is 16.0. The maximum Gasteiger partial charge on any atom is 0.280 e. The van der Waals surface area contributed by atoms with Gasteiger partial charge in [-0.3, -0.25) is 24.7 Å². The number of hydrogen-bond donors (Lipinski definition) is 4. The van der Waals surface area contributed by atoms with E-state index in [4.69, 9.17) is 23.1 Å². The van der Waals surface area contributed by atoms with Gasteiger partial charge in [-0.1, -0.05) is 17.7 Å². The van der Waals surface area contributed by atoms with E-state index in [9.17, 15) is 14.4 Å². The number of aromatic nitrogens is 3. The van der Waals surface area contributed by atoms with Crippen molar-refractivity contribution in [3.63, 3.8) is 0 Å². The number of carbonyl (C=O) groups is 3. The van der Waals surface area contributed by atoms with Crippen LogP contribution >= 0.6 is 11.6 Å². The molecule has 1 fully saturated rings. The second-order valence-electron chi connectivity index (χ2n) is 10.2. The summed E-state index contributed by atoms with van der Waals surface area (Å²) in [6.07, 6.45) is 3.15. The first-order valence-corrected chi connectivity index (χ1v) is 13.9. The third kappa shape index (κ3) is 5.49. The first-order valence-electron chi connectivity index (χ1n) is 13.5. The molecule has 0 saturated carbocycles. The molecule has 3 amide bonds. The van der Waals surface area contributed by atoms with Crippen molar-refractivity contribution in [3.8, 4) is 0 Å². The minimum absolute atomic E-state index is 0.0426. The molecule has 2 aliphatic heterocycles. The van der Waals surface area contributed by atoms with Crippen molar-refractivity contribution in [2.24, 2.45) is 4.99 Å². The molecular weight excluding hydrogens is 548 g/mol. The molecule has 2 aliphatic rings. The summed E-state index contributed by atoms with van der Waals surface area (Å²) in [6.45, 7) is 6.95. The number of hydrogen-bond acceptors (Lipinski definition) is 9. The molecule has 0 aliphatic carbocycles. The summed E-state index contributed by atoms with van der Waals surface area (Å²) < 4.78 is 1.89. The molecule has 14 heteroatoms. The van der Waals surface area contributed by atoms with Crippen molar-refractivity contribution in [2.75, 3.05) is 44.2 Å². The van der Waals surface area contributed by atoms with Gasteiger partial charge in [0, 0.05) is 48.8 Å². The molecule has 5 rings (SSSR count). The number of nitrogen functional groups attached to an aromatic ring is 2. The number of rotatable bonds is 6. The third-order valence-electron chi connectivity index (χ3n) is 7.75. The smallest absolute Gasteiger partial charge is 0.280 e. The highest BCUT2D eigenvalue weighted by Crippen LogP contribution is 2.29. The van der Waals surface area contributed by atoms with Gasteiger partial charge in [0.05, 0.1) is 12.1 Å². The Labute approximate surface area is 241 Å². The first-order chi connectivity index (χ1) is 19.6. The summed E-state index contributed by atoms with van der Waals surface area (Å²) in [5.41, 5.74) is 12.3. The Morgan fingerprint density at radius 2 is 1.83 bits per heavy atom. The van der Waals surface area contributed by atoms with Crippen LogP contribution in [0, 0.1) is 0 Å². The molecule has 0 unspecified atom stereocenters. The highest BCUT2D eigenvalue weighted by molar-refractivity contribution is 6.31. The Morgan fingerprint density at radius 3 is 2.54 bits per heavy atom. The lowest BCUT2D eigenvalue weighted by molar-refractivity contribution is -0.131. The van der Waals surface area contributed by atoms with Crippen LogP contribution in [-0.4, -0.2) is 86.3 Å². The SMILES string of the molecule is CCN(CC)C(=O)Cn1ccc2c(C(=O)N3CCC4(CC3)CN=C(NC(=O)c3nc(Cl)c(N)nc3N)N4)cccc21. The average Bonchev–Trinajstić information content (AvgIpc) is 3.55. The number of aliphatic imine (C=N–C) groups is 1. The van der Waals surface area contributed by atoms with Crippen molar-refractivity contribution in [3.05, 3.63) is 46.9 Å². The van der Waals surface area contributed by atoms with E-state index in [-0.39, 0.29) is 46.4 Å². The van der Waals surface area contributed by atoms with Gasteiger partial charge in [0.25, 0.3) is 11.8 Å². The monoisotopic (exact) mass is 580 g/mol. The van der Waals surface area contributed by atoms with Gasteiger partial charge in [0.15, 0.2) is 28.4 Å². The number of likely N-dealkylation sites (tertiary alicyclic amines) is 1. The van der Waals surface area contributed by atoms with Crippen molar-refractivity contribution < 1.29 is 14.4 Å². The molecule has 0 bridgehead atoms. The van der Waals surface area contributed by atoms with E-state index >= 15 is 0 Å². The second kappa shape index (κ2) is 11.2. The predicted molar refractivity (Wildman–Crippen MR) is 157 cm³/mol. The number of benzene rings is 1. The number of anilines is 2. The molecule has 4 heterocycles. The lowest BCUT2D eigenvalue weighted by atomic mass is 9.88. The second-order valence-corrected chi connectivity index (χ2v) is 10.6. The number of nitrogens with zero attached hydrogens (tertiary/aromatic N) is 6. The Kier molecular flexibility index (Phi) is 7.72. The van der Waals surface area contributed by atoms with Crippen molar-refractivity contribution >= 4 is 57.8 Å². The van der Waals surface area contributed by atoms with Crippen LogP contribution < -0.4 is 22.1 Å². The standard InChI is InChI=1S/C27H33ClN10O3/c1-3-36(4-2)19(39)14-38-11-8-16-17(6-5-7-18(16)38)25(41)37-12-9-27(10-13-37)15-31-26(35-27)34-24(40)20-22(29)33-23(30)21(28)32-20/h5-8,11H,3-4,9-10,12-15H2,1-2H3,(H4,29,30,33)(H2,31,34,35,40). The van der Waals surface area contributed by atoms with Crippen LogP contribution in [0.15, 0.2) is 35.5 Å². The van der Waals surface area contributed by atoms with Gasteiger partial charge in [-0.05, 0) is 44.9 Å². The predicted octanol–water partition coefficient (Wildman–Crippen LogP) is 1.48. The zero-order valence-electron chi connectivity index (χ0n) is 23.0. The average molecular weight is 581 g/mol. The number of halogens is 1. The van der Waals surface area contributed by atoms with Gasteiger partial charge in [0.1, 0.15) is 6.54 Å². The Balaban J connectivity index is 1.21. The number of guanidine groups is 1. The largest absolute Gasteiger partial charge is 0.382 e. The molecule has 1 aromatic carbocycles. The summed E-state index contributed by atoms with van der Waals surface area (Å²) in [4.78, 5) is 54.8. The van der Waals surface area contributed by atoms with Crippen molar-refractivity contribution in [2.45, 2.75) is 38.8 Å². The molecule has 0 atom stereocenters. The van der Waals surface area contributed by atoms with Crippen LogP contribution in [-0.2, 0) is 11.3 Å². The molecule has 41 heavy (non-hydrogen) atoms. The fraction of sp³-hybridized carbons (Fsp3) is 0.407. The number of likely N-dealkylation sites (N-methyl/N-ethyl adjacent to an activating group) is 1. The lowest BCUT2D eigenvalue weighted by Gasteiger charge is -2.39. The molecule has 3 aromatic rings. The van der Waals surface area contributed by atoms with Crippen LogP contribution in [0.2, 0.25) is 5.15 Å². The first kappa shape index (κ1) is 28.1. The summed E-state index contributed by atoms with van der Waals surface area (Å²) in [5, 5.41) is 6.70. The van der Waals surface area contributed by atoms with Crippen molar-refractivity contribution in [1.82, 2.24) is 35.0 Å². The Morgan fingerprint density at radius 1 is 1.10 bits per heavy atom. The Hall–Kier alpha value is -4.39. The maximum atomic E-state index is 13.6. The number of nitrogens with one attached hydrogen (secondary N) is 2. The van der Waals surface area contributed by atoms with Crippen LogP contribution in [0.4, 0.5) is 11.6 Å². The molecule has 2 aromatic heterocycles. The molecule has 0 radical (unpaired) electrons. The van der Waals surface area contributed by atoms with Gasteiger partial charge in [-0.25, -0.2) is 9.97 Å². The maximum absolute atomic E-state index is 13.6. The van der Waals surface area contributed by atoms with Gasteiger partial charge in [0.2, 0.25) is 5.91 Å². The van der Waals surface area contributed by atoms with E-state index in [1.807, 2.05) is 53.8 Å². The van der Waals surface area contributed by atoms with Crippen LogP contribution in [0.3, 0.4) is 0 Å². The molecule has 1 saturated heterocycles. The van der Waals surface area contributed by atoms with E-state index in [1.54, 1.807) is 4.90 Å². The van der Waals surface area contributed by atoms with Crippen LogP contribution in [0.5, 0.6) is 0 Å². The molecule has 13 nitrogen and oxygen atoms in total. The highest BCUT2D eigenvalue weighted by atomic mass is 35.5. The number of fused-ring (bicyclic) bond motifs is 1. The fourth-order valence-electron chi connectivity index (χ4n) is 5.37. The summed E-state index contributed by atoms with van der Waals surface area (Å²) in [7, 11) is 0. The van der Waals surface area contributed by atoms with Gasteiger partial charge >= 0.3 is 0 Å². The summed E-state index contributed by atoms with van der Waals surface area (Å²) >= 11 is 5.89.